The number of rotatable bonds is 3. The number of hydrogen-bond donors (Lipinski definition) is 0. The molecule has 0 saturated carbocycles. The van der Waals surface area contributed by atoms with E-state index < -0.39 is 0 Å². The number of fused-ring (bicyclic) bond motifs is 1. The maximum atomic E-state index is 12.3. The molecule has 7 heteroatoms. The highest BCUT2D eigenvalue weighted by Crippen LogP contribution is 2.29. The molecule has 0 amide bonds. The van der Waals surface area contributed by atoms with E-state index in [1.807, 2.05) is 19.9 Å². The lowest BCUT2D eigenvalue weighted by atomic mass is 10.1. The van der Waals surface area contributed by atoms with Crippen molar-refractivity contribution in [3.63, 3.8) is 0 Å². The van der Waals surface area contributed by atoms with E-state index in [1.54, 1.807) is 24.3 Å². The van der Waals surface area contributed by atoms with E-state index in [1.165, 1.54) is 4.68 Å². The molecule has 0 radical (unpaired) electrons. The Kier molecular flexibility index (Phi) is 4.24. The summed E-state index contributed by atoms with van der Waals surface area (Å²) in [6, 6.07) is 8.76. The van der Waals surface area contributed by atoms with Crippen molar-refractivity contribution in [1.82, 2.24) is 15.0 Å². The van der Waals surface area contributed by atoms with Crippen LogP contribution in [0.3, 0.4) is 0 Å². The largest absolute Gasteiger partial charge is 0.482 e. The van der Waals surface area contributed by atoms with Gasteiger partial charge < -0.3 is 4.74 Å². The molecule has 1 heterocycles. The van der Waals surface area contributed by atoms with Gasteiger partial charge in [0.1, 0.15) is 11.3 Å². The third-order valence-corrected chi connectivity index (χ3v) is 3.87. The minimum Gasteiger partial charge on any atom is -0.482 e. The molecule has 3 rings (SSSR count). The van der Waals surface area contributed by atoms with Crippen LogP contribution >= 0.6 is 23.2 Å². The summed E-state index contributed by atoms with van der Waals surface area (Å²) < 4.78 is 6.78. The molecule has 0 unspecified atom stereocenters. The van der Waals surface area contributed by atoms with Crippen LogP contribution in [0.4, 0.5) is 0 Å². The molecule has 0 aliphatic heterocycles. The molecule has 3 aromatic rings. The van der Waals surface area contributed by atoms with Crippen LogP contribution in [0.15, 0.2) is 30.3 Å². The van der Waals surface area contributed by atoms with Gasteiger partial charge in [-0.2, -0.15) is 4.68 Å². The maximum absolute atomic E-state index is 12.3. The van der Waals surface area contributed by atoms with Gasteiger partial charge in [0.2, 0.25) is 0 Å². The number of carbonyl (C=O) groups excluding carboxylic acids is 1. The highest BCUT2D eigenvalue weighted by molar-refractivity contribution is 6.32. The number of carbonyl (C=O) groups is 1. The zero-order chi connectivity index (χ0) is 16.6. The topological polar surface area (TPSA) is 57.0 Å². The Labute approximate surface area is 142 Å². The third-order valence-electron chi connectivity index (χ3n) is 3.36. The molecule has 0 saturated heterocycles. The van der Waals surface area contributed by atoms with Gasteiger partial charge in [-0.3, -0.25) is 4.79 Å². The van der Waals surface area contributed by atoms with Crippen molar-refractivity contribution in [2.24, 2.45) is 0 Å². The second-order valence-electron chi connectivity index (χ2n) is 5.21. The summed E-state index contributed by atoms with van der Waals surface area (Å²) in [7, 11) is 0. The number of aromatic nitrogens is 3. The van der Waals surface area contributed by atoms with E-state index in [-0.39, 0.29) is 12.5 Å². The molecule has 0 aliphatic rings. The number of benzene rings is 2. The van der Waals surface area contributed by atoms with Crippen molar-refractivity contribution in [1.29, 1.82) is 0 Å². The van der Waals surface area contributed by atoms with Gasteiger partial charge in [-0.1, -0.05) is 34.5 Å². The van der Waals surface area contributed by atoms with E-state index in [0.29, 0.717) is 26.8 Å². The van der Waals surface area contributed by atoms with E-state index in [2.05, 4.69) is 10.3 Å². The Bertz CT molecular complexity index is 882. The second-order valence-corrected chi connectivity index (χ2v) is 6.05. The molecule has 0 spiro atoms. The highest BCUT2D eigenvalue weighted by atomic mass is 35.5. The van der Waals surface area contributed by atoms with Gasteiger partial charge in [-0.15, -0.1) is 5.10 Å². The summed E-state index contributed by atoms with van der Waals surface area (Å²) >= 11 is 12.1. The van der Waals surface area contributed by atoms with Crippen LogP contribution in [-0.2, 0) is 0 Å². The van der Waals surface area contributed by atoms with E-state index in [0.717, 1.165) is 11.1 Å². The van der Waals surface area contributed by atoms with E-state index in [9.17, 15) is 4.79 Å². The Morgan fingerprint density at radius 3 is 2.74 bits per heavy atom. The van der Waals surface area contributed by atoms with Crippen LogP contribution in [-0.4, -0.2) is 27.5 Å². The lowest BCUT2D eigenvalue weighted by Gasteiger charge is -2.11. The quantitative estimate of drug-likeness (QED) is 0.714. The smallest absolute Gasteiger partial charge is 0.286 e. The standard InChI is InChI=1S/C16H13Cl2N3O2/c1-9-5-10(2)16(12(18)6-9)23-8-15(22)21-14-4-3-11(17)7-13(14)19-20-21/h3-7H,8H2,1-2H3. The molecule has 5 nitrogen and oxygen atoms in total. The van der Waals surface area contributed by atoms with Crippen LogP contribution in [0, 0.1) is 13.8 Å². The Morgan fingerprint density at radius 1 is 1.22 bits per heavy atom. The summed E-state index contributed by atoms with van der Waals surface area (Å²) in [6.07, 6.45) is 0. The van der Waals surface area contributed by atoms with Crippen LogP contribution < -0.4 is 4.74 Å². The minimum atomic E-state index is -0.342. The monoisotopic (exact) mass is 349 g/mol. The first-order chi connectivity index (χ1) is 11.0. The number of ether oxygens (including phenoxy) is 1. The SMILES string of the molecule is Cc1cc(C)c(OCC(=O)n2nnc3cc(Cl)ccc32)c(Cl)c1. The molecule has 0 aliphatic carbocycles. The number of aryl methyl sites for hydroxylation is 2. The molecule has 0 atom stereocenters. The van der Waals surface area contributed by atoms with Crippen molar-refractivity contribution < 1.29 is 9.53 Å². The van der Waals surface area contributed by atoms with Crippen LogP contribution in [0.25, 0.3) is 11.0 Å². The number of halogens is 2. The van der Waals surface area contributed by atoms with Crippen LogP contribution in [0.5, 0.6) is 5.75 Å². The van der Waals surface area contributed by atoms with Crippen molar-refractivity contribution >= 4 is 40.1 Å². The Morgan fingerprint density at radius 2 is 2.00 bits per heavy atom. The molecule has 0 bridgehead atoms. The van der Waals surface area contributed by atoms with Crippen molar-refractivity contribution in [3.8, 4) is 5.75 Å². The maximum Gasteiger partial charge on any atom is 0.286 e. The van der Waals surface area contributed by atoms with E-state index >= 15 is 0 Å². The predicted molar refractivity (Wildman–Crippen MR) is 89.6 cm³/mol. The van der Waals surface area contributed by atoms with Gasteiger partial charge in [-0.25, -0.2) is 0 Å². The molecule has 0 N–H and O–H groups in total. The van der Waals surface area contributed by atoms with Crippen molar-refractivity contribution in [3.05, 3.63) is 51.5 Å². The van der Waals surface area contributed by atoms with E-state index in [4.69, 9.17) is 27.9 Å². The first-order valence-electron chi connectivity index (χ1n) is 6.89. The fourth-order valence-corrected chi connectivity index (χ4v) is 2.90. The van der Waals surface area contributed by atoms with Gasteiger partial charge in [-0.05, 0) is 49.2 Å². The van der Waals surface area contributed by atoms with Crippen molar-refractivity contribution in [2.45, 2.75) is 13.8 Å². The predicted octanol–water partition coefficient (Wildman–Crippen LogP) is 4.07. The Hall–Kier alpha value is -2.11. The first kappa shape index (κ1) is 15.8. The second kappa shape index (κ2) is 6.18. The molecular formula is C16H13Cl2N3O2. The lowest BCUT2D eigenvalue weighted by molar-refractivity contribution is 0.0824. The minimum absolute atomic E-state index is 0.190. The average molecular weight is 350 g/mol. The molecule has 1 aromatic heterocycles. The highest BCUT2D eigenvalue weighted by Gasteiger charge is 2.15. The average Bonchev–Trinajstić information content (AvgIpc) is 2.88. The third kappa shape index (κ3) is 3.16. The molecule has 118 valence electrons. The van der Waals surface area contributed by atoms with Gasteiger partial charge >= 0.3 is 0 Å². The first-order valence-corrected chi connectivity index (χ1v) is 7.65. The van der Waals surface area contributed by atoms with Gasteiger partial charge in [0.15, 0.2) is 6.61 Å². The summed E-state index contributed by atoms with van der Waals surface area (Å²) in [6.45, 7) is 3.64. The summed E-state index contributed by atoms with van der Waals surface area (Å²) in [5.74, 6) is 0.156. The van der Waals surface area contributed by atoms with Gasteiger partial charge in [0.25, 0.3) is 5.91 Å². The zero-order valence-corrected chi connectivity index (χ0v) is 14.0. The number of hydrogen-bond acceptors (Lipinski definition) is 4. The van der Waals surface area contributed by atoms with Gasteiger partial charge in [0.05, 0.1) is 10.5 Å². The number of nitrogens with zero attached hydrogens (tertiary/aromatic N) is 3. The van der Waals surface area contributed by atoms with Crippen LogP contribution in [0.1, 0.15) is 15.9 Å². The van der Waals surface area contributed by atoms with Crippen molar-refractivity contribution in [2.75, 3.05) is 6.61 Å². The fraction of sp³-hybridized carbons (Fsp3) is 0.188. The molecular weight excluding hydrogens is 337 g/mol. The Balaban J connectivity index is 1.82. The van der Waals surface area contributed by atoms with Gasteiger partial charge in [0, 0.05) is 5.02 Å². The molecule has 23 heavy (non-hydrogen) atoms. The summed E-state index contributed by atoms with van der Waals surface area (Å²) in [5, 5.41) is 8.80. The summed E-state index contributed by atoms with van der Waals surface area (Å²) in [5.41, 5.74) is 3.04. The molecule has 0 fully saturated rings. The lowest BCUT2D eigenvalue weighted by Crippen LogP contribution is -2.20. The fourth-order valence-electron chi connectivity index (χ4n) is 2.36. The molecule has 2 aromatic carbocycles. The summed E-state index contributed by atoms with van der Waals surface area (Å²) in [4.78, 5) is 12.3. The normalized spacial score (nSPS) is 11.0. The zero-order valence-electron chi connectivity index (χ0n) is 12.5. The van der Waals surface area contributed by atoms with Crippen LogP contribution in [0.2, 0.25) is 10.0 Å².